The van der Waals surface area contributed by atoms with Gasteiger partial charge in [0.2, 0.25) is 0 Å². The standard InChI is InChI=1S/C15H22N2O/c1-11(12-7-3-4-8-12)17-15(18)13-9-5-6-10-14(13)16-2/h5-6,9-12,16H,3-4,7-8H2,1-2H3,(H,17,18). The van der Waals surface area contributed by atoms with Gasteiger partial charge >= 0.3 is 0 Å². The van der Waals surface area contributed by atoms with Gasteiger partial charge in [-0.05, 0) is 37.8 Å². The van der Waals surface area contributed by atoms with Gasteiger partial charge in [0.1, 0.15) is 0 Å². The molecule has 1 unspecified atom stereocenters. The topological polar surface area (TPSA) is 41.1 Å². The van der Waals surface area contributed by atoms with Crippen molar-refractivity contribution >= 4 is 11.6 Å². The molecule has 0 radical (unpaired) electrons. The van der Waals surface area contributed by atoms with Gasteiger partial charge in [0, 0.05) is 18.8 Å². The Hall–Kier alpha value is -1.51. The molecular formula is C15H22N2O. The number of para-hydroxylation sites is 1. The van der Waals surface area contributed by atoms with Crippen LogP contribution in [0.25, 0.3) is 0 Å². The van der Waals surface area contributed by atoms with Crippen molar-refractivity contribution in [3.05, 3.63) is 29.8 Å². The van der Waals surface area contributed by atoms with Crippen molar-refractivity contribution < 1.29 is 4.79 Å². The molecule has 1 saturated carbocycles. The smallest absolute Gasteiger partial charge is 0.253 e. The highest BCUT2D eigenvalue weighted by molar-refractivity contribution is 5.99. The number of carbonyl (C=O) groups is 1. The molecule has 0 heterocycles. The minimum absolute atomic E-state index is 0.0272. The highest BCUT2D eigenvalue weighted by Gasteiger charge is 2.23. The highest BCUT2D eigenvalue weighted by Crippen LogP contribution is 2.27. The van der Waals surface area contributed by atoms with E-state index in [1.165, 1.54) is 25.7 Å². The van der Waals surface area contributed by atoms with Gasteiger partial charge in [0.05, 0.1) is 5.56 Å². The number of rotatable bonds is 4. The van der Waals surface area contributed by atoms with E-state index < -0.39 is 0 Å². The van der Waals surface area contributed by atoms with E-state index in [1.54, 1.807) is 0 Å². The fraction of sp³-hybridized carbons (Fsp3) is 0.533. The van der Waals surface area contributed by atoms with Gasteiger partial charge in [-0.3, -0.25) is 4.79 Å². The molecule has 1 atom stereocenters. The van der Waals surface area contributed by atoms with Crippen molar-refractivity contribution in [1.82, 2.24) is 5.32 Å². The van der Waals surface area contributed by atoms with Gasteiger partial charge in [0.15, 0.2) is 0 Å². The fourth-order valence-electron chi connectivity index (χ4n) is 2.76. The van der Waals surface area contributed by atoms with Crippen LogP contribution in [0.4, 0.5) is 5.69 Å². The summed E-state index contributed by atoms with van der Waals surface area (Å²) >= 11 is 0. The molecule has 3 heteroatoms. The Labute approximate surface area is 109 Å². The van der Waals surface area contributed by atoms with Crippen LogP contribution in [0.1, 0.15) is 43.0 Å². The largest absolute Gasteiger partial charge is 0.387 e. The molecule has 0 bridgehead atoms. The summed E-state index contributed by atoms with van der Waals surface area (Å²) in [4.78, 5) is 12.2. The fourth-order valence-corrected chi connectivity index (χ4v) is 2.76. The molecule has 0 aromatic heterocycles. The van der Waals surface area contributed by atoms with E-state index in [9.17, 15) is 4.79 Å². The van der Waals surface area contributed by atoms with Crippen LogP contribution in [0, 0.1) is 5.92 Å². The Morgan fingerprint density at radius 2 is 1.94 bits per heavy atom. The molecular weight excluding hydrogens is 224 g/mol. The van der Waals surface area contributed by atoms with Gasteiger partial charge in [-0.15, -0.1) is 0 Å². The summed E-state index contributed by atoms with van der Waals surface area (Å²) < 4.78 is 0. The number of carbonyl (C=O) groups excluding carboxylic acids is 1. The summed E-state index contributed by atoms with van der Waals surface area (Å²) in [6, 6.07) is 7.89. The molecule has 1 fully saturated rings. The lowest BCUT2D eigenvalue weighted by Crippen LogP contribution is -2.37. The van der Waals surface area contributed by atoms with E-state index in [0.29, 0.717) is 5.92 Å². The lowest BCUT2D eigenvalue weighted by atomic mass is 9.99. The van der Waals surface area contributed by atoms with Gasteiger partial charge in [-0.1, -0.05) is 25.0 Å². The van der Waals surface area contributed by atoms with E-state index in [2.05, 4.69) is 17.6 Å². The first-order chi connectivity index (χ1) is 8.72. The van der Waals surface area contributed by atoms with Crippen molar-refractivity contribution in [2.75, 3.05) is 12.4 Å². The number of hydrogen-bond donors (Lipinski definition) is 2. The van der Waals surface area contributed by atoms with Crippen LogP contribution in [0.15, 0.2) is 24.3 Å². The van der Waals surface area contributed by atoms with E-state index in [4.69, 9.17) is 0 Å². The molecule has 0 spiro atoms. The third-order valence-electron chi connectivity index (χ3n) is 3.91. The number of benzene rings is 1. The van der Waals surface area contributed by atoms with Crippen molar-refractivity contribution in [2.24, 2.45) is 5.92 Å². The van der Waals surface area contributed by atoms with Crippen LogP contribution in [-0.2, 0) is 0 Å². The molecule has 2 rings (SSSR count). The van der Waals surface area contributed by atoms with Crippen molar-refractivity contribution in [3.63, 3.8) is 0 Å². The third-order valence-corrected chi connectivity index (χ3v) is 3.91. The lowest BCUT2D eigenvalue weighted by Gasteiger charge is -2.21. The molecule has 1 aromatic carbocycles. The quantitative estimate of drug-likeness (QED) is 0.857. The van der Waals surface area contributed by atoms with Crippen molar-refractivity contribution in [1.29, 1.82) is 0 Å². The van der Waals surface area contributed by atoms with Crippen LogP contribution in [0.2, 0.25) is 0 Å². The predicted molar refractivity (Wildman–Crippen MR) is 74.9 cm³/mol. The zero-order chi connectivity index (χ0) is 13.0. The molecule has 0 saturated heterocycles. The molecule has 0 aliphatic heterocycles. The van der Waals surface area contributed by atoms with E-state index in [-0.39, 0.29) is 11.9 Å². The van der Waals surface area contributed by atoms with Gasteiger partial charge in [0.25, 0.3) is 5.91 Å². The second kappa shape index (κ2) is 5.89. The molecule has 1 amide bonds. The van der Waals surface area contributed by atoms with E-state index >= 15 is 0 Å². The maximum Gasteiger partial charge on any atom is 0.253 e. The molecule has 2 N–H and O–H groups in total. The molecule has 1 aromatic rings. The summed E-state index contributed by atoms with van der Waals surface area (Å²) in [7, 11) is 1.84. The summed E-state index contributed by atoms with van der Waals surface area (Å²) in [5.41, 5.74) is 1.61. The minimum atomic E-state index is 0.0272. The molecule has 1 aliphatic carbocycles. The highest BCUT2D eigenvalue weighted by atomic mass is 16.1. The number of nitrogens with one attached hydrogen (secondary N) is 2. The lowest BCUT2D eigenvalue weighted by molar-refractivity contribution is 0.0928. The van der Waals surface area contributed by atoms with E-state index in [0.717, 1.165) is 11.3 Å². The second-order valence-electron chi connectivity index (χ2n) is 5.10. The Bertz CT molecular complexity index is 411. The summed E-state index contributed by atoms with van der Waals surface area (Å²) in [5, 5.41) is 6.19. The zero-order valence-electron chi connectivity index (χ0n) is 11.2. The zero-order valence-corrected chi connectivity index (χ0v) is 11.2. The Balaban J connectivity index is 2.02. The monoisotopic (exact) mass is 246 g/mol. The first-order valence-electron chi connectivity index (χ1n) is 6.80. The summed E-state index contributed by atoms with van der Waals surface area (Å²) in [6.07, 6.45) is 5.10. The minimum Gasteiger partial charge on any atom is -0.387 e. The van der Waals surface area contributed by atoms with Gasteiger partial charge < -0.3 is 10.6 Å². The molecule has 3 nitrogen and oxygen atoms in total. The second-order valence-corrected chi connectivity index (χ2v) is 5.10. The molecule has 1 aliphatic rings. The number of anilines is 1. The van der Waals surface area contributed by atoms with Crippen LogP contribution >= 0.6 is 0 Å². The molecule has 98 valence electrons. The van der Waals surface area contributed by atoms with Crippen molar-refractivity contribution in [3.8, 4) is 0 Å². The summed E-state index contributed by atoms with van der Waals surface area (Å²) in [6.45, 7) is 2.12. The Kier molecular flexibility index (Phi) is 4.24. The average Bonchev–Trinajstić information content (AvgIpc) is 2.92. The maximum absolute atomic E-state index is 12.2. The first-order valence-corrected chi connectivity index (χ1v) is 6.80. The molecule has 18 heavy (non-hydrogen) atoms. The maximum atomic E-state index is 12.2. The number of hydrogen-bond acceptors (Lipinski definition) is 2. The SMILES string of the molecule is CNc1ccccc1C(=O)NC(C)C1CCCC1. The van der Waals surface area contributed by atoms with Gasteiger partial charge in [-0.2, -0.15) is 0 Å². The van der Waals surface area contributed by atoms with Crippen LogP contribution < -0.4 is 10.6 Å². The van der Waals surface area contributed by atoms with Crippen LogP contribution in [0.5, 0.6) is 0 Å². The average molecular weight is 246 g/mol. The third kappa shape index (κ3) is 2.84. The van der Waals surface area contributed by atoms with Crippen LogP contribution in [-0.4, -0.2) is 19.0 Å². The normalized spacial score (nSPS) is 17.4. The predicted octanol–water partition coefficient (Wildman–Crippen LogP) is 3.04. The Morgan fingerprint density at radius 3 is 2.61 bits per heavy atom. The summed E-state index contributed by atoms with van der Waals surface area (Å²) in [5.74, 6) is 0.676. The van der Waals surface area contributed by atoms with Gasteiger partial charge in [-0.25, -0.2) is 0 Å². The van der Waals surface area contributed by atoms with E-state index in [1.807, 2.05) is 31.3 Å². The van der Waals surface area contributed by atoms with Crippen LogP contribution in [0.3, 0.4) is 0 Å². The Morgan fingerprint density at radius 1 is 1.28 bits per heavy atom. The van der Waals surface area contributed by atoms with Crippen molar-refractivity contribution in [2.45, 2.75) is 38.6 Å². The first kappa shape index (κ1) is 12.9. The number of amides is 1.